The molecule has 0 aliphatic carbocycles. The average molecular weight is 247 g/mol. The van der Waals surface area contributed by atoms with E-state index in [0.29, 0.717) is 4.32 Å². The number of thioether (sulfide) groups is 1. The quantitative estimate of drug-likeness (QED) is 0.576. The Kier molecular flexibility index (Phi) is 15.1. The summed E-state index contributed by atoms with van der Waals surface area (Å²) in [6, 6.07) is 0. The molecular weight excluding hydrogens is 226 g/mol. The van der Waals surface area contributed by atoms with Gasteiger partial charge in [-0.3, -0.25) is 0 Å². The summed E-state index contributed by atoms with van der Waals surface area (Å²) in [5.41, 5.74) is 5.42. The predicted octanol–water partition coefficient (Wildman–Crippen LogP) is 2.26. The molecular formula is C9H21CaNS2. The third-order valence-electron chi connectivity index (χ3n) is 2.00. The Morgan fingerprint density at radius 3 is 2.46 bits per heavy atom. The van der Waals surface area contributed by atoms with Crippen LogP contribution in [0.1, 0.15) is 39.5 Å². The summed E-state index contributed by atoms with van der Waals surface area (Å²) >= 11 is 6.44. The first-order chi connectivity index (χ1) is 5.70. The molecule has 0 aromatic rings. The molecule has 0 radical (unpaired) electrons. The molecule has 0 heterocycles. The zero-order chi connectivity index (χ0) is 9.40. The minimum absolute atomic E-state index is 0. The second-order valence-electron chi connectivity index (χ2n) is 3.05. The average Bonchev–Trinajstić information content (AvgIpc) is 2.05. The molecule has 0 spiro atoms. The van der Waals surface area contributed by atoms with Crippen molar-refractivity contribution in [2.45, 2.75) is 39.5 Å². The molecule has 1 atom stereocenters. The van der Waals surface area contributed by atoms with Crippen LogP contribution < -0.4 is 5.73 Å². The summed E-state index contributed by atoms with van der Waals surface area (Å²) in [7, 11) is 0. The van der Waals surface area contributed by atoms with E-state index in [-0.39, 0.29) is 37.7 Å². The molecule has 4 heteroatoms. The van der Waals surface area contributed by atoms with Gasteiger partial charge in [-0.05, 0) is 12.3 Å². The van der Waals surface area contributed by atoms with Gasteiger partial charge in [0.15, 0.2) is 0 Å². The van der Waals surface area contributed by atoms with Crippen molar-refractivity contribution in [2.24, 2.45) is 11.7 Å². The number of rotatable bonds is 6. The van der Waals surface area contributed by atoms with E-state index in [1.54, 1.807) is 11.8 Å². The third-order valence-corrected chi connectivity index (χ3v) is 3.28. The molecule has 0 rings (SSSR count). The molecule has 0 saturated carbocycles. The van der Waals surface area contributed by atoms with Crippen LogP contribution in [0.25, 0.3) is 0 Å². The number of thiocarbonyl (C=S) groups is 1. The predicted molar refractivity (Wildman–Crippen MR) is 71.1 cm³/mol. The molecule has 0 aliphatic heterocycles. The van der Waals surface area contributed by atoms with Crippen LogP contribution >= 0.6 is 24.0 Å². The first kappa shape index (κ1) is 16.9. The molecule has 0 aromatic carbocycles. The first-order valence-corrected chi connectivity index (χ1v) is 6.02. The van der Waals surface area contributed by atoms with Crippen molar-refractivity contribution >= 4 is 66.0 Å². The van der Waals surface area contributed by atoms with Crippen LogP contribution in [0.3, 0.4) is 0 Å². The van der Waals surface area contributed by atoms with Gasteiger partial charge in [-0.25, -0.2) is 0 Å². The van der Waals surface area contributed by atoms with E-state index in [2.05, 4.69) is 13.8 Å². The van der Waals surface area contributed by atoms with Gasteiger partial charge >= 0.3 is 37.7 Å². The fourth-order valence-corrected chi connectivity index (χ4v) is 2.10. The van der Waals surface area contributed by atoms with Crippen LogP contribution in [0.5, 0.6) is 0 Å². The van der Waals surface area contributed by atoms with Crippen molar-refractivity contribution in [3.8, 4) is 0 Å². The third kappa shape index (κ3) is 11.4. The van der Waals surface area contributed by atoms with Gasteiger partial charge in [0.25, 0.3) is 0 Å². The van der Waals surface area contributed by atoms with Gasteiger partial charge in [0.1, 0.15) is 4.32 Å². The SMILES string of the molecule is CCCCC(CC)CSC(N)=S.[CaH2]. The monoisotopic (exact) mass is 247 g/mol. The van der Waals surface area contributed by atoms with E-state index < -0.39 is 0 Å². The first-order valence-electron chi connectivity index (χ1n) is 4.62. The van der Waals surface area contributed by atoms with E-state index in [1.807, 2.05) is 0 Å². The van der Waals surface area contributed by atoms with Crippen molar-refractivity contribution in [2.75, 3.05) is 5.75 Å². The minimum atomic E-state index is 0. The molecule has 0 bridgehead atoms. The van der Waals surface area contributed by atoms with Gasteiger partial charge in [0.05, 0.1) is 0 Å². The van der Waals surface area contributed by atoms with Gasteiger partial charge in [0, 0.05) is 5.75 Å². The van der Waals surface area contributed by atoms with Gasteiger partial charge < -0.3 is 5.73 Å². The number of hydrogen-bond donors (Lipinski definition) is 1. The second-order valence-corrected chi connectivity index (χ2v) is 4.81. The van der Waals surface area contributed by atoms with Crippen LogP contribution in [0.15, 0.2) is 0 Å². The fourth-order valence-electron chi connectivity index (χ4n) is 1.10. The van der Waals surface area contributed by atoms with Crippen LogP contribution in [-0.2, 0) is 0 Å². The summed E-state index contributed by atoms with van der Waals surface area (Å²) < 4.78 is 0.588. The fraction of sp³-hybridized carbons (Fsp3) is 0.889. The molecule has 0 fully saturated rings. The Bertz CT molecular complexity index is 131. The van der Waals surface area contributed by atoms with Crippen LogP contribution in [0, 0.1) is 5.92 Å². The number of hydrogen-bond acceptors (Lipinski definition) is 2. The van der Waals surface area contributed by atoms with Gasteiger partial charge in [-0.1, -0.05) is 57.1 Å². The zero-order valence-corrected chi connectivity index (χ0v) is 9.64. The Morgan fingerprint density at radius 2 is 2.08 bits per heavy atom. The Hall–Kier alpha value is 1.50. The van der Waals surface area contributed by atoms with E-state index in [1.165, 1.54) is 25.7 Å². The molecule has 13 heavy (non-hydrogen) atoms. The molecule has 0 aliphatic rings. The van der Waals surface area contributed by atoms with Crippen LogP contribution in [0.4, 0.5) is 0 Å². The summed E-state index contributed by atoms with van der Waals surface area (Å²) in [5.74, 6) is 1.91. The van der Waals surface area contributed by atoms with Crippen molar-refractivity contribution in [3.63, 3.8) is 0 Å². The standard InChI is InChI=1S/C9H19NS2.Ca.2H/c1-3-5-6-8(4-2)7-12-9(10)11;;;/h8H,3-7H2,1-2H3,(H2,10,11);;;. The van der Waals surface area contributed by atoms with Crippen LogP contribution in [0.2, 0.25) is 0 Å². The van der Waals surface area contributed by atoms with E-state index in [4.69, 9.17) is 18.0 Å². The Morgan fingerprint density at radius 1 is 1.46 bits per heavy atom. The van der Waals surface area contributed by atoms with Gasteiger partial charge in [0.2, 0.25) is 0 Å². The molecule has 1 nitrogen and oxygen atoms in total. The summed E-state index contributed by atoms with van der Waals surface area (Å²) in [4.78, 5) is 0. The van der Waals surface area contributed by atoms with E-state index in [9.17, 15) is 0 Å². The summed E-state index contributed by atoms with van der Waals surface area (Å²) in [6.45, 7) is 4.47. The summed E-state index contributed by atoms with van der Waals surface area (Å²) in [5, 5.41) is 0. The van der Waals surface area contributed by atoms with Crippen molar-refractivity contribution in [1.29, 1.82) is 0 Å². The number of unbranched alkanes of at least 4 members (excludes halogenated alkanes) is 1. The van der Waals surface area contributed by atoms with E-state index in [0.717, 1.165) is 11.7 Å². The molecule has 0 amide bonds. The van der Waals surface area contributed by atoms with Crippen molar-refractivity contribution in [1.82, 2.24) is 0 Å². The van der Waals surface area contributed by atoms with E-state index >= 15 is 0 Å². The van der Waals surface area contributed by atoms with Gasteiger partial charge in [-0.15, -0.1) is 0 Å². The summed E-state index contributed by atoms with van der Waals surface area (Å²) in [6.07, 6.45) is 5.18. The maximum absolute atomic E-state index is 5.42. The van der Waals surface area contributed by atoms with Gasteiger partial charge in [-0.2, -0.15) is 0 Å². The van der Waals surface area contributed by atoms with Crippen molar-refractivity contribution < 1.29 is 0 Å². The molecule has 76 valence electrons. The second kappa shape index (κ2) is 11.6. The van der Waals surface area contributed by atoms with Crippen LogP contribution in [-0.4, -0.2) is 47.8 Å². The topological polar surface area (TPSA) is 26.0 Å². The normalized spacial score (nSPS) is 11.8. The molecule has 0 aromatic heterocycles. The maximum atomic E-state index is 5.42. The number of nitrogens with two attached hydrogens (primary N) is 1. The molecule has 0 saturated heterocycles. The van der Waals surface area contributed by atoms with Crippen molar-refractivity contribution in [3.05, 3.63) is 0 Å². The Labute approximate surface area is 122 Å². The molecule has 1 unspecified atom stereocenters. The molecule has 2 N–H and O–H groups in total. The Balaban J connectivity index is 0. The zero-order valence-electron chi connectivity index (χ0n) is 8.01.